The molecule has 0 aliphatic rings. The maximum atomic E-state index is 13.0. The molecule has 0 aliphatic heterocycles. The van der Waals surface area contributed by atoms with Crippen LogP contribution in [0.4, 0.5) is 4.39 Å². The van der Waals surface area contributed by atoms with E-state index < -0.39 is 0 Å². The second-order valence-electron chi connectivity index (χ2n) is 4.86. The number of benzene rings is 1. The molecular formula is C13H19BrFN. The molecule has 0 spiro atoms. The molecule has 0 bridgehead atoms. The molecular weight excluding hydrogens is 269 g/mol. The molecule has 0 aliphatic carbocycles. The predicted molar refractivity (Wildman–Crippen MR) is 69.9 cm³/mol. The molecule has 90 valence electrons. The van der Waals surface area contributed by atoms with E-state index in [1.54, 1.807) is 12.1 Å². The smallest absolute Gasteiger partial charge is 0.123 e. The van der Waals surface area contributed by atoms with E-state index in [0.717, 1.165) is 23.0 Å². The zero-order valence-electron chi connectivity index (χ0n) is 10.1. The van der Waals surface area contributed by atoms with Gasteiger partial charge in [0.2, 0.25) is 0 Å². The summed E-state index contributed by atoms with van der Waals surface area (Å²) in [6.07, 6.45) is 1.13. The second-order valence-corrected chi connectivity index (χ2v) is 5.71. The van der Waals surface area contributed by atoms with Crippen molar-refractivity contribution < 1.29 is 4.39 Å². The highest BCUT2D eigenvalue weighted by molar-refractivity contribution is 9.10. The third kappa shape index (κ3) is 4.22. The minimum atomic E-state index is -0.185. The lowest BCUT2D eigenvalue weighted by atomic mass is 9.90. The topological polar surface area (TPSA) is 12.0 Å². The number of halogens is 2. The average Bonchev–Trinajstić information content (AvgIpc) is 2.23. The van der Waals surface area contributed by atoms with E-state index in [-0.39, 0.29) is 5.82 Å². The van der Waals surface area contributed by atoms with Crippen molar-refractivity contribution >= 4 is 15.9 Å². The van der Waals surface area contributed by atoms with Crippen LogP contribution in [0.25, 0.3) is 0 Å². The first kappa shape index (κ1) is 13.7. The van der Waals surface area contributed by atoms with Crippen molar-refractivity contribution in [3.8, 4) is 0 Å². The van der Waals surface area contributed by atoms with Gasteiger partial charge in [-0.1, -0.05) is 36.7 Å². The Bertz CT molecular complexity index is 350. The van der Waals surface area contributed by atoms with Crippen molar-refractivity contribution in [2.75, 3.05) is 6.54 Å². The largest absolute Gasteiger partial charge is 0.312 e. The van der Waals surface area contributed by atoms with Gasteiger partial charge in [0.05, 0.1) is 0 Å². The molecule has 1 aromatic rings. The highest BCUT2D eigenvalue weighted by atomic mass is 79.9. The summed E-state index contributed by atoms with van der Waals surface area (Å²) >= 11 is 3.42. The number of rotatable bonds is 5. The Balaban J connectivity index is 2.52. The summed E-state index contributed by atoms with van der Waals surface area (Å²) in [5.41, 5.74) is 1.26. The third-order valence-electron chi connectivity index (χ3n) is 2.88. The molecule has 0 unspecified atom stereocenters. The van der Waals surface area contributed by atoms with Gasteiger partial charge in [-0.15, -0.1) is 0 Å². The molecule has 0 amide bonds. The summed E-state index contributed by atoms with van der Waals surface area (Å²) in [5.74, 6) is -0.185. The predicted octanol–water partition coefficient (Wildman–Crippen LogP) is 4.11. The molecule has 0 radical (unpaired) electrons. The molecule has 0 saturated heterocycles. The van der Waals surface area contributed by atoms with Gasteiger partial charge in [0.15, 0.2) is 0 Å². The van der Waals surface area contributed by atoms with Crippen LogP contribution >= 0.6 is 15.9 Å². The molecule has 1 N–H and O–H groups in total. The molecule has 0 atom stereocenters. The highest BCUT2D eigenvalue weighted by Crippen LogP contribution is 2.20. The summed E-state index contributed by atoms with van der Waals surface area (Å²) in [5, 5.41) is 3.36. The molecule has 1 rings (SSSR count). The van der Waals surface area contributed by atoms with E-state index in [2.05, 4.69) is 42.0 Å². The number of hydrogen-bond acceptors (Lipinski definition) is 1. The summed E-state index contributed by atoms with van der Waals surface area (Å²) in [7, 11) is 0. The fourth-order valence-corrected chi connectivity index (χ4v) is 1.73. The molecule has 1 nitrogen and oxygen atoms in total. The third-order valence-corrected chi connectivity index (χ3v) is 3.66. The van der Waals surface area contributed by atoms with Crippen LogP contribution in [0.15, 0.2) is 22.7 Å². The molecule has 3 heteroatoms. The van der Waals surface area contributed by atoms with Gasteiger partial charge in [-0.25, -0.2) is 4.39 Å². The Morgan fingerprint density at radius 2 is 2.06 bits per heavy atom. The van der Waals surface area contributed by atoms with E-state index in [0.29, 0.717) is 12.0 Å². The number of hydrogen-bond donors (Lipinski definition) is 1. The van der Waals surface area contributed by atoms with Gasteiger partial charge in [-0.05, 0) is 35.6 Å². The van der Waals surface area contributed by atoms with Crippen LogP contribution in [0.3, 0.4) is 0 Å². The lowest BCUT2D eigenvalue weighted by molar-refractivity contribution is 0.327. The first-order chi connectivity index (χ1) is 7.44. The molecule has 0 aromatic heterocycles. The summed E-state index contributed by atoms with van der Waals surface area (Å²) in [6, 6.07) is 4.77. The molecule has 0 fully saturated rings. The maximum Gasteiger partial charge on any atom is 0.123 e. The Morgan fingerprint density at radius 3 is 2.69 bits per heavy atom. The van der Waals surface area contributed by atoms with Crippen molar-refractivity contribution in [1.82, 2.24) is 5.32 Å². The van der Waals surface area contributed by atoms with Crippen molar-refractivity contribution in [2.24, 2.45) is 5.41 Å². The summed E-state index contributed by atoms with van der Waals surface area (Å²) < 4.78 is 14.0. The molecule has 16 heavy (non-hydrogen) atoms. The van der Waals surface area contributed by atoms with Crippen LogP contribution in [-0.2, 0) is 6.54 Å². The fraction of sp³-hybridized carbons (Fsp3) is 0.538. The lowest BCUT2D eigenvalue weighted by Gasteiger charge is -2.23. The Hall–Kier alpha value is -0.410. The monoisotopic (exact) mass is 287 g/mol. The van der Waals surface area contributed by atoms with Crippen molar-refractivity contribution in [3.63, 3.8) is 0 Å². The van der Waals surface area contributed by atoms with Crippen molar-refractivity contribution in [1.29, 1.82) is 0 Å². The first-order valence-electron chi connectivity index (χ1n) is 5.59. The van der Waals surface area contributed by atoms with Crippen LogP contribution < -0.4 is 5.32 Å². The normalized spacial score (nSPS) is 11.8. The van der Waals surface area contributed by atoms with E-state index in [9.17, 15) is 4.39 Å². The Morgan fingerprint density at radius 1 is 1.38 bits per heavy atom. The molecule has 1 aromatic carbocycles. The van der Waals surface area contributed by atoms with Crippen LogP contribution in [0.5, 0.6) is 0 Å². The van der Waals surface area contributed by atoms with Crippen LogP contribution in [0, 0.1) is 11.2 Å². The fourth-order valence-electron chi connectivity index (χ4n) is 1.34. The van der Waals surface area contributed by atoms with E-state index in [4.69, 9.17) is 0 Å². The van der Waals surface area contributed by atoms with E-state index in [1.807, 2.05) is 0 Å². The minimum Gasteiger partial charge on any atom is -0.312 e. The Labute approximate surface area is 106 Å². The zero-order valence-corrected chi connectivity index (χ0v) is 11.7. The van der Waals surface area contributed by atoms with Gasteiger partial charge < -0.3 is 5.32 Å². The van der Waals surface area contributed by atoms with Crippen molar-refractivity contribution in [3.05, 3.63) is 34.1 Å². The molecule has 0 saturated carbocycles. The highest BCUT2D eigenvalue weighted by Gasteiger charge is 2.14. The Kier molecular flexibility index (Phi) is 4.93. The van der Waals surface area contributed by atoms with Gasteiger partial charge in [-0.3, -0.25) is 0 Å². The summed E-state index contributed by atoms with van der Waals surface area (Å²) in [4.78, 5) is 0. The van der Waals surface area contributed by atoms with Gasteiger partial charge in [0.1, 0.15) is 5.82 Å². The molecule has 0 heterocycles. The zero-order chi connectivity index (χ0) is 12.2. The van der Waals surface area contributed by atoms with E-state index >= 15 is 0 Å². The average molecular weight is 288 g/mol. The van der Waals surface area contributed by atoms with Crippen molar-refractivity contribution in [2.45, 2.75) is 33.7 Å². The van der Waals surface area contributed by atoms with Crippen LogP contribution in [-0.4, -0.2) is 6.54 Å². The quantitative estimate of drug-likeness (QED) is 0.859. The summed E-state index contributed by atoms with van der Waals surface area (Å²) in [6.45, 7) is 8.26. The minimum absolute atomic E-state index is 0.185. The van der Waals surface area contributed by atoms with Gasteiger partial charge in [0.25, 0.3) is 0 Å². The second kappa shape index (κ2) is 5.78. The lowest BCUT2D eigenvalue weighted by Crippen LogP contribution is -2.28. The number of nitrogens with one attached hydrogen (secondary N) is 1. The van der Waals surface area contributed by atoms with Crippen LogP contribution in [0.1, 0.15) is 32.8 Å². The van der Waals surface area contributed by atoms with Gasteiger partial charge >= 0.3 is 0 Å². The SMILES string of the molecule is CCC(C)(C)CNCc1cc(F)ccc1Br. The standard InChI is InChI=1S/C13H19BrFN/c1-4-13(2,3)9-16-8-10-7-11(15)5-6-12(10)14/h5-7,16H,4,8-9H2,1-3H3. The first-order valence-corrected chi connectivity index (χ1v) is 6.38. The van der Waals surface area contributed by atoms with Crippen LogP contribution in [0.2, 0.25) is 0 Å². The van der Waals surface area contributed by atoms with E-state index in [1.165, 1.54) is 6.07 Å². The van der Waals surface area contributed by atoms with Gasteiger partial charge in [0, 0.05) is 17.6 Å². The van der Waals surface area contributed by atoms with Gasteiger partial charge in [-0.2, -0.15) is 0 Å². The maximum absolute atomic E-state index is 13.0.